The van der Waals surface area contributed by atoms with Gasteiger partial charge in [0.05, 0.1) is 24.0 Å². The summed E-state index contributed by atoms with van der Waals surface area (Å²) in [6.07, 6.45) is 9.44. The Balaban J connectivity index is 1.39. The zero-order valence-electron chi connectivity index (χ0n) is 18.1. The van der Waals surface area contributed by atoms with Crippen molar-refractivity contribution in [1.29, 1.82) is 0 Å². The lowest BCUT2D eigenvalue weighted by atomic mass is 9.92. The van der Waals surface area contributed by atoms with E-state index < -0.39 is 5.82 Å². The highest BCUT2D eigenvalue weighted by Crippen LogP contribution is 2.40. The van der Waals surface area contributed by atoms with Gasteiger partial charge in [0.1, 0.15) is 22.9 Å². The molecule has 0 bridgehead atoms. The molecule has 2 fully saturated rings. The zero-order chi connectivity index (χ0) is 22.5. The van der Waals surface area contributed by atoms with E-state index in [4.69, 9.17) is 26.3 Å². The van der Waals surface area contributed by atoms with Crippen molar-refractivity contribution in [2.45, 2.75) is 50.7 Å². The minimum Gasteiger partial charge on any atom is -0.373 e. The highest BCUT2D eigenvalue weighted by Gasteiger charge is 2.31. The molecule has 0 unspecified atom stereocenters. The Hall–Kier alpha value is -2.97. The van der Waals surface area contributed by atoms with Crippen LogP contribution in [-0.2, 0) is 4.74 Å². The molecule has 1 aliphatic heterocycles. The second kappa shape index (κ2) is 8.11. The van der Waals surface area contributed by atoms with Gasteiger partial charge in [0.2, 0.25) is 0 Å². The molecule has 4 aromatic rings. The molecule has 33 heavy (non-hydrogen) atoms. The largest absolute Gasteiger partial charge is 0.373 e. The molecule has 1 saturated carbocycles. The topological polar surface area (TPSA) is 78.6 Å². The van der Waals surface area contributed by atoms with Gasteiger partial charge in [0.15, 0.2) is 5.65 Å². The summed E-state index contributed by atoms with van der Waals surface area (Å²) in [7, 11) is 0. The number of benzene rings is 1. The van der Waals surface area contributed by atoms with Gasteiger partial charge in [-0.2, -0.15) is 5.10 Å². The molecule has 0 spiro atoms. The van der Waals surface area contributed by atoms with E-state index in [1.165, 1.54) is 18.9 Å². The molecule has 3 aromatic heterocycles. The standard InChI is InChI=1S/C24H22ClFN6O/c1-13-10-27-22-21(18-5-2-16(25)9-19(18)26)30-23(31-24(22)29-13)14-6-7-33-20(8-14)15-11-28-32(12-15)17-3-4-17/h2,5,9-12,14,17,20H,3-4,6-8H2,1H3/t14-,20-/m0/s1. The number of halogens is 2. The minimum atomic E-state index is -0.451. The van der Waals surface area contributed by atoms with Gasteiger partial charge in [-0.15, -0.1) is 0 Å². The van der Waals surface area contributed by atoms with Gasteiger partial charge in [-0.05, 0) is 50.8 Å². The second-order valence-electron chi connectivity index (χ2n) is 8.80. The fourth-order valence-electron chi connectivity index (χ4n) is 4.38. The third-order valence-corrected chi connectivity index (χ3v) is 6.53. The van der Waals surface area contributed by atoms with Gasteiger partial charge in [0.25, 0.3) is 0 Å². The Labute approximate surface area is 195 Å². The van der Waals surface area contributed by atoms with Crippen LogP contribution < -0.4 is 0 Å². The predicted octanol–water partition coefficient (Wildman–Crippen LogP) is 5.35. The van der Waals surface area contributed by atoms with Crippen molar-refractivity contribution in [2.24, 2.45) is 0 Å². The Morgan fingerprint density at radius 2 is 2.00 bits per heavy atom. The lowest BCUT2D eigenvalue weighted by molar-refractivity contribution is 0.00396. The van der Waals surface area contributed by atoms with Crippen LogP contribution in [0, 0.1) is 12.7 Å². The van der Waals surface area contributed by atoms with Crippen LogP contribution in [0.4, 0.5) is 4.39 Å². The summed E-state index contributed by atoms with van der Waals surface area (Å²) in [6.45, 7) is 2.45. The number of nitrogens with zero attached hydrogens (tertiary/aromatic N) is 6. The molecule has 9 heteroatoms. The van der Waals surface area contributed by atoms with E-state index in [0.717, 1.165) is 24.1 Å². The monoisotopic (exact) mass is 464 g/mol. The van der Waals surface area contributed by atoms with Gasteiger partial charge < -0.3 is 4.74 Å². The van der Waals surface area contributed by atoms with E-state index in [-0.39, 0.29) is 12.0 Å². The van der Waals surface area contributed by atoms with Crippen molar-refractivity contribution in [3.8, 4) is 11.3 Å². The molecule has 6 rings (SSSR count). The highest BCUT2D eigenvalue weighted by atomic mass is 35.5. The van der Waals surface area contributed by atoms with Gasteiger partial charge in [-0.3, -0.25) is 4.68 Å². The molecule has 1 aromatic carbocycles. The average molecular weight is 465 g/mol. The first-order valence-electron chi connectivity index (χ1n) is 11.2. The van der Waals surface area contributed by atoms with Crippen LogP contribution >= 0.6 is 11.6 Å². The molecule has 7 nitrogen and oxygen atoms in total. The van der Waals surface area contributed by atoms with Crippen LogP contribution in [0.25, 0.3) is 22.4 Å². The molecule has 4 heterocycles. The van der Waals surface area contributed by atoms with Crippen molar-refractivity contribution in [2.75, 3.05) is 6.61 Å². The van der Waals surface area contributed by atoms with Crippen molar-refractivity contribution >= 4 is 22.8 Å². The number of rotatable bonds is 4. The molecular formula is C24H22ClFN6O. The van der Waals surface area contributed by atoms with E-state index in [1.54, 1.807) is 18.3 Å². The van der Waals surface area contributed by atoms with Crippen LogP contribution in [0.15, 0.2) is 36.8 Å². The molecule has 0 radical (unpaired) electrons. The number of aromatic nitrogens is 6. The zero-order valence-corrected chi connectivity index (χ0v) is 18.8. The number of fused-ring (bicyclic) bond motifs is 1. The maximum absolute atomic E-state index is 14.9. The van der Waals surface area contributed by atoms with Crippen molar-refractivity contribution < 1.29 is 9.13 Å². The first-order valence-corrected chi connectivity index (χ1v) is 11.6. The Morgan fingerprint density at radius 1 is 1.12 bits per heavy atom. The fraction of sp³-hybridized carbons (Fsp3) is 0.375. The van der Waals surface area contributed by atoms with Crippen LogP contribution in [0.2, 0.25) is 5.02 Å². The molecule has 0 amide bonds. The van der Waals surface area contributed by atoms with Gasteiger partial charge in [0, 0.05) is 41.1 Å². The quantitative estimate of drug-likeness (QED) is 0.405. The molecule has 1 aliphatic carbocycles. The lowest BCUT2D eigenvalue weighted by Crippen LogP contribution is -2.20. The van der Waals surface area contributed by atoms with Gasteiger partial charge in [-0.1, -0.05) is 11.6 Å². The molecule has 1 saturated heterocycles. The maximum atomic E-state index is 14.9. The lowest BCUT2D eigenvalue weighted by Gasteiger charge is -2.28. The average Bonchev–Trinajstić information content (AvgIpc) is 3.54. The van der Waals surface area contributed by atoms with Crippen LogP contribution in [-0.4, -0.2) is 36.3 Å². The molecule has 0 N–H and O–H groups in total. The molecule has 2 atom stereocenters. The predicted molar refractivity (Wildman–Crippen MR) is 121 cm³/mol. The summed E-state index contributed by atoms with van der Waals surface area (Å²) in [6, 6.07) is 5.09. The van der Waals surface area contributed by atoms with Crippen molar-refractivity contribution in [3.63, 3.8) is 0 Å². The van der Waals surface area contributed by atoms with E-state index in [9.17, 15) is 4.39 Å². The van der Waals surface area contributed by atoms with Crippen molar-refractivity contribution in [1.82, 2.24) is 29.7 Å². The molecule has 2 aliphatic rings. The number of hydrogen-bond donors (Lipinski definition) is 0. The third-order valence-electron chi connectivity index (χ3n) is 6.30. The highest BCUT2D eigenvalue weighted by molar-refractivity contribution is 6.30. The van der Waals surface area contributed by atoms with Crippen molar-refractivity contribution in [3.05, 3.63) is 64.7 Å². The summed E-state index contributed by atoms with van der Waals surface area (Å²) in [5.74, 6) is 0.233. The number of aryl methyl sites for hydroxylation is 1. The number of ether oxygens (including phenoxy) is 1. The Kier molecular flexibility index (Phi) is 5.07. The van der Waals surface area contributed by atoms with Gasteiger partial charge >= 0.3 is 0 Å². The summed E-state index contributed by atoms with van der Waals surface area (Å²) < 4.78 is 23.0. The summed E-state index contributed by atoms with van der Waals surface area (Å²) in [4.78, 5) is 18.6. The van der Waals surface area contributed by atoms with E-state index >= 15 is 0 Å². The summed E-state index contributed by atoms with van der Waals surface area (Å²) >= 11 is 5.97. The minimum absolute atomic E-state index is 0.0499. The summed E-state index contributed by atoms with van der Waals surface area (Å²) in [5.41, 5.74) is 3.52. The van der Waals surface area contributed by atoms with E-state index in [2.05, 4.69) is 21.3 Å². The first-order chi connectivity index (χ1) is 16.0. The first kappa shape index (κ1) is 20.6. The second-order valence-corrected chi connectivity index (χ2v) is 9.24. The van der Waals surface area contributed by atoms with E-state index in [0.29, 0.717) is 45.9 Å². The van der Waals surface area contributed by atoms with Crippen LogP contribution in [0.3, 0.4) is 0 Å². The van der Waals surface area contributed by atoms with E-state index in [1.807, 2.05) is 17.8 Å². The maximum Gasteiger partial charge on any atom is 0.182 e. The Bertz CT molecular complexity index is 1350. The van der Waals surface area contributed by atoms with Crippen LogP contribution in [0.5, 0.6) is 0 Å². The third kappa shape index (κ3) is 3.98. The number of hydrogen-bond acceptors (Lipinski definition) is 6. The SMILES string of the molecule is Cc1cnc2c(-c3ccc(Cl)cc3F)nc([C@H]3CCO[C@H](c4cnn(C5CC5)c4)C3)nc2n1. The van der Waals surface area contributed by atoms with Gasteiger partial charge in [-0.25, -0.2) is 24.3 Å². The fourth-order valence-corrected chi connectivity index (χ4v) is 4.54. The van der Waals surface area contributed by atoms with Crippen LogP contribution in [0.1, 0.15) is 60.8 Å². The molecular weight excluding hydrogens is 443 g/mol. The Morgan fingerprint density at radius 3 is 2.82 bits per heavy atom. The normalized spacial score (nSPS) is 20.9. The summed E-state index contributed by atoms with van der Waals surface area (Å²) in [5, 5.41) is 4.84. The smallest absolute Gasteiger partial charge is 0.182 e. The molecule has 168 valence electrons.